The highest BCUT2D eigenvalue weighted by Gasteiger charge is 2.47. The highest BCUT2D eigenvalue weighted by Crippen LogP contribution is 2.53. The number of carboxylic acid groups (broad SMARTS) is 1. The number of thioether (sulfide) groups is 1. The third-order valence-electron chi connectivity index (χ3n) is 7.72. The van der Waals surface area contributed by atoms with E-state index in [2.05, 4.69) is 81.1 Å². The Hall–Kier alpha value is -2.80. The summed E-state index contributed by atoms with van der Waals surface area (Å²) in [5.41, 5.74) is 7.65. The molecule has 0 radical (unpaired) electrons. The van der Waals surface area contributed by atoms with Gasteiger partial charge in [0.2, 0.25) is 0 Å². The van der Waals surface area contributed by atoms with Crippen molar-refractivity contribution in [2.24, 2.45) is 0 Å². The van der Waals surface area contributed by atoms with Gasteiger partial charge in [-0.15, -0.1) is 0 Å². The predicted molar refractivity (Wildman–Crippen MR) is 149 cm³/mol. The van der Waals surface area contributed by atoms with Gasteiger partial charge < -0.3 is 19.8 Å². The molecule has 2 unspecified atom stereocenters. The van der Waals surface area contributed by atoms with Crippen LogP contribution in [0, 0.1) is 6.92 Å². The second-order valence-corrected chi connectivity index (χ2v) is 11.6. The molecule has 0 aliphatic carbocycles. The highest BCUT2D eigenvalue weighted by atomic mass is 32.2. The fraction of sp³-hybridized carbons (Fsp3) is 0.387. The van der Waals surface area contributed by atoms with Gasteiger partial charge in [0, 0.05) is 51.7 Å². The van der Waals surface area contributed by atoms with Gasteiger partial charge >= 0.3 is 5.97 Å². The first kappa shape index (κ1) is 25.8. The molecule has 0 amide bonds. The van der Waals surface area contributed by atoms with Gasteiger partial charge in [0.1, 0.15) is 0 Å². The van der Waals surface area contributed by atoms with Crippen LogP contribution in [0.15, 0.2) is 81.3 Å². The van der Waals surface area contributed by atoms with E-state index in [0.29, 0.717) is 6.42 Å². The number of allylic oxidation sites excluding steroid dienone is 2. The zero-order chi connectivity index (χ0) is 26.3. The van der Waals surface area contributed by atoms with Gasteiger partial charge in [-0.25, -0.2) is 0 Å². The molecular formula is C31H35NO4S. The monoisotopic (exact) mass is 517 g/mol. The normalized spacial score (nSPS) is 22.4. The van der Waals surface area contributed by atoms with E-state index in [4.69, 9.17) is 4.74 Å². The van der Waals surface area contributed by atoms with Crippen LogP contribution in [0.2, 0.25) is 0 Å². The maximum absolute atomic E-state index is 11.4. The highest BCUT2D eigenvalue weighted by molar-refractivity contribution is 8.03. The van der Waals surface area contributed by atoms with Crippen molar-refractivity contribution in [2.45, 2.75) is 69.5 Å². The first-order valence-corrected chi connectivity index (χ1v) is 13.8. The van der Waals surface area contributed by atoms with E-state index in [9.17, 15) is 15.0 Å². The number of anilines is 1. The zero-order valence-corrected chi connectivity index (χ0v) is 22.8. The number of rotatable bonds is 7. The SMILES string of the molecule is C/C=C(\Sc1ccccc1C)C1=CC2=C3N(CCC2OC1CCO)c1ccc(CC(=O)O)cc1C3(C)C. The summed E-state index contributed by atoms with van der Waals surface area (Å²) < 4.78 is 6.73. The second-order valence-electron chi connectivity index (χ2n) is 10.5. The van der Waals surface area contributed by atoms with Gasteiger partial charge in [-0.2, -0.15) is 0 Å². The van der Waals surface area contributed by atoms with Crippen molar-refractivity contribution >= 4 is 23.4 Å². The lowest BCUT2D eigenvalue weighted by molar-refractivity contribution is -0.136. The smallest absolute Gasteiger partial charge is 0.307 e. The van der Waals surface area contributed by atoms with Crippen molar-refractivity contribution in [2.75, 3.05) is 18.1 Å². The molecule has 0 saturated carbocycles. The predicted octanol–water partition coefficient (Wildman–Crippen LogP) is 6.15. The molecule has 3 aliphatic rings. The van der Waals surface area contributed by atoms with Crippen LogP contribution in [0.5, 0.6) is 0 Å². The molecule has 0 fully saturated rings. The molecule has 0 aromatic heterocycles. The van der Waals surface area contributed by atoms with Crippen LogP contribution in [-0.2, 0) is 21.4 Å². The number of aryl methyl sites for hydroxylation is 1. The average Bonchev–Trinajstić information content (AvgIpc) is 3.09. The van der Waals surface area contributed by atoms with Crippen molar-refractivity contribution < 1.29 is 19.7 Å². The molecule has 0 spiro atoms. The van der Waals surface area contributed by atoms with Crippen molar-refractivity contribution in [3.05, 3.63) is 93.1 Å². The van der Waals surface area contributed by atoms with Crippen LogP contribution < -0.4 is 4.90 Å². The minimum absolute atomic E-state index is 0.0225. The molecule has 0 saturated heterocycles. The largest absolute Gasteiger partial charge is 0.481 e. The number of benzene rings is 2. The lowest BCUT2D eigenvalue weighted by atomic mass is 9.78. The van der Waals surface area contributed by atoms with E-state index in [1.54, 1.807) is 11.8 Å². The zero-order valence-electron chi connectivity index (χ0n) is 22.0. The summed E-state index contributed by atoms with van der Waals surface area (Å²) in [4.78, 5) is 16.1. The first-order valence-electron chi connectivity index (χ1n) is 13.0. The maximum Gasteiger partial charge on any atom is 0.307 e. The van der Waals surface area contributed by atoms with Crippen molar-refractivity contribution in [3.8, 4) is 0 Å². The molecule has 3 aliphatic heterocycles. The Bertz CT molecular complexity index is 1320. The number of aliphatic carboxylic acids is 1. The van der Waals surface area contributed by atoms with Gasteiger partial charge in [-0.3, -0.25) is 4.79 Å². The average molecular weight is 518 g/mol. The van der Waals surface area contributed by atoms with Crippen LogP contribution in [-0.4, -0.2) is 41.5 Å². The van der Waals surface area contributed by atoms with Crippen molar-refractivity contribution in [1.82, 2.24) is 0 Å². The Morgan fingerprint density at radius 1 is 1.24 bits per heavy atom. The van der Waals surface area contributed by atoms with Crippen LogP contribution in [0.25, 0.3) is 0 Å². The van der Waals surface area contributed by atoms with Crippen LogP contribution >= 0.6 is 11.8 Å². The van der Waals surface area contributed by atoms with Crippen molar-refractivity contribution in [1.29, 1.82) is 0 Å². The molecule has 2 aromatic carbocycles. The molecule has 2 aromatic rings. The third-order valence-corrected chi connectivity index (χ3v) is 9.08. The van der Waals surface area contributed by atoms with Gasteiger partial charge in [0.15, 0.2) is 0 Å². The third kappa shape index (κ3) is 4.67. The Morgan fingerprint density at radius 2 is 2.03 bits per heavy atom. The quantitative estimate of drug-likeness (QED) is 0.430. The van der Waals surface area contributed by atoms with Gasteiger partial charge in [0.05, 0.1) is 18.6 Å². The standard InChI is InChI=1S/C31H35NO4S/c1-5-27(37-28-9-7-6-8-19(28)2)21-18-22-25(36-26(21)13-15-33)12-14-32-24-11-10-20(17-29(34)35)16-23(24)31(3,4)30(22)32/h5-11,16,18,25-26,33H,12-15,17H2,1-4H3,(H,34,35)/b27-5-. The summed E-state index contributed by atoms with van der Waals surface area (Å²) in [6.07, 6.45) is 5.73. The second kappa shape index (κ2) is 10.2. The van der Waals surface area contributed by atoms with E-state index in [1.807, 2.05) is 6.07 Å². The molecule has 5 nitrogen and oxygen atoms in total. The number of aliphatic hydroxyl groups is 1. The summed E-state index contributed by atoms with van der Waals surface area (Å²) in [6.45, 7) is 9.57. The summed E-state index contributed by atoms with van der Waals surface area (Å²) in [5.74, 6) is -0.816. The minimum Gasteiger partial charge on any atom is -0.481 e. The minimum atomic E-state index is -0.816. The first-order chi connectivity index (χ1) is 17.7. The Kier molecular flexibility index (Phi) is 7.10. The van der Waals surface area contributed by atoms with E-state index in [-0.39, 0.29) is 30.7 Å². The van der Waals surface area contributed by atoms with Crippen LogP contribution in [0.1, 0.15) is 50.3 Å². The van der Waals surface area contributed by atoms with Crippen LogP contribution in [0.3, 0.4) is 0 Å². The molecule has 37 heavy (non-hydrogen) atoms. The van der Waals surface area contributed by atoms with Gasteiger partial charge in [-0.05, 0) is 60.7 Å². The van der Waals surface area contributed by atoms with Crippen molar-refractivity contribution in [3.63, 3.8) is 0 Å². The maximum atomic E-state index is 11.4. The molecule has 194 valence electrons. The number of carbonyl (C=O) groups is 1. The molecule has 6 heteroatoms. The number of hydrogen-bond acceptors (Lipinski definition) is 5. The van der Waals surface area contributed by atoms with E-state index < -0.39 is 5.97 Å². The summed E-state index contributed by atoms with van der Waals surface area (Å²) in [7, 11) is 0. The number of hydrogen-bond donors (Lipinski definition) is 2. The van der Waals surface area contributed by atoms with E-state index in [1.165, 1.54) is 27.3 Å². The Labute approximate surface area is 223 Å². The lowest BCUT2D eigenvalue weighted by Gasteiger charge is -2.42. The summed E-state index contributed by atoms with van der Waals surface area (Å²) in [6, 6.07) is 14.5. The number of fused-ring (bicyclic) bond motifs is 4. The number of aliphatic hydroxyl groups excluding tert-OH is 1. The molecule has 2 N–H and O–H groups in total. The Balaban J connectivity index is 1.61. The number of ether oxygens (including phenoxy) is 1. The van der Waals surface area contributed by atoms with Gasteiger partial charge in [0.25, 0.3) is 0 Å². The molecular weight excluding hydrogens is 482 g/mol. The van der Waals surface area contributed by atoms with Gasteiger partial charge in [-0.1, -0.05) is 62.0 Å². The molecule has 2 atom stereocenters. The fourth-order valence-electron chi connectivity index (χ4n) is 5.97. The number of nitrogens with zero attached hydrogens (tertiary/aromatic N) is 1. The summed E-state index contributed by atoms with van der Waals surface area (Å²) >= 11 is 1.75. The molecule has 5 rings (SSSR count). The van der Waals surface area contributed by atoms with Crippen LogP contribution in [0.4, 0.5) is 5.69 Å². The topological polar surface area (TPSA) is 70.0 Å². The molecule has 3 heterocycles. The Morgan fingerprint density at radius 3 is 2.73 bits per heavy atom. The summed E-state index contributed by atoms with van der Waals surface area (Å²) in [5, 5.41) is 19.2. The lowest BCUT2D eigenvalue weighted by Crippen LogP contribution is -2.42. The van der Waals surface area contributed by atoms with E-state index >= 15 is 0 Å². The molecule has 0 bridgehead atoms. The number of carboxylic acids is 1. The fourth-order valence-corrected chi connectivity index (χ4v) is 7.01. The van der Waals surface area contributed by atoms with E-state index in [0.717, 1.165) is 34.7 Å².